The van der Waals surface area contributed by atoms with Crippen LogP contribution < -0.4 is 13.7 Å². The molecular weight excluding hydrogens is 595 g/mol. The minimum absolute atomic E-state index is 0.0285. The third kappa shape index (κ3) is 8.78. The molecule has 0 saturated carbocycles. The highest BCUT2D eigenvalue weighted by atomic mass is 14.9. The summed E-state index contributed by atoms with van der Waals surface area (Å²) in [6, 6.07) is 21.8. The molecule has 0 amide bonds. The minimum Gasteiger partial charge on any atom is -0.201 e. The van der Waals surface area contributed by atoms with Crippen molar-refractivity contribution in [2.75, 3.05) is 0 Å². The number of hydrogen-bond donors (Lipinski definition) is 0. The number of aryl methyl sites for hydroxylation is 4. The van der Waals surface area contributed by atoms with Gasteiger partial charge in [-0.2, -0.15) is 0 Å². The Morgan fingerprint density at radius 1 is 0.469 bits per heavy atom. The predicted molar refractivity (Wildman–Crippen MR) is 207 cm³/mol. The van der Waals surface area contributed by atoms with Crippen molar-refractivity contribution < 1.29 is 26.0 Å². The summed E-state index contributed by atoms with van der Waals surface area (Å²) < 4.78 is 75.9. The van der Waals surface area contributed by atoms with Gasteiger partial charge in [0.25, 0.3) is 0 Å². The molecular formula is C46H56N3+3. The number of aromatic nitrogens is 3. The van der Waals surface area contributed by atoms with Crippen LogP contribution in [0, 0.1) is 69.2 Å². The fraction of sp³-hybridized carbons (Fsp3) is 0.283. The monoisotopic (exact) mass is 660 g/mol. The molecule has 3 heterocycles. The van der Waals surface area contributed by atoms with Crippen LogP contribution in [0.3, 0.4) is 0 Å². The van der Waals surface area contributed by atoms with Gasteiger partial charge in [0.1, 0.15) is 25.3 Å². The maximum atomic E-state index is 8.22. The van der Waals surface area contributed by atoms with Gasteiger partial charge in [-0.1, -0.05) is 54.0 Å². The maximum Gasteiger partial charge on any atom is 0.215 e. The van der Waals surface area contributed by atoms with Crippen LogP contribution in [-0.4, -0.2) is 0 Å². The second-order valence-electron chi connectivity index (χ2n) is 12.9. The summed E-state index contributed by atoms with van der Waals surface area (Å²) in [5.41, 5.74) is 15.1. The first-order valence-corrected chi connectivity index (χ1v) is 16.6. The normalized spacial score (nSPS) is 13.4. The van der Waals surface area contributed by atoms with E-state index in [0.717, 1.165) is 83.8 Å². The molecule has 0 unspecified atom stereocenters. The van der Waals surface area contributed by atoms with Crippen molar-refractivity contribution in [3.05, 3.63) is 159 Å². The maximum absolute atomic E-state index is 8.22. The lowest BCUT2D eigenvalue weighted by Gasteiger charge is -2.10. The van der Waals surface area contributed by atoms with Gasteiger partial charge in [-0.3, -0.25) is 0 Å². The van der Waals surface area contributed by atoms with Crippen molar-refractivity contribution in [3.63, 3.8) is 0 Å². The Morgan fingerprint density at radius 2 is 1.14 bits per heavy atom. The number of rotatable bonds is 3. The molecule has 252 valence electrons. The summed E-state index contributed by atoms with van der Waals surface area (Å²) in [5.74, 6) is 0. The standard InChI is InChI=1S/2C16H20N.C14H16N/c1-11-6-7-12(2)15(8-11)16-9-13(3)14(4)10-17(16)5;1-11-8-6-7-9-15(11)16-14(4)13(3)12(2)10-17(16)5;1-11-8-9-14(15(3)10-11)13-7-5-4-6-12(13)2/h2*6-10H,1-5H3;4-10H,1-3H3/q3*+1/i7D,10D;7D,8D,10D;1D3,10D. The molecule has 0 aliphatic heterocycles. The summed E-state index contributed by atoms with van der Waals surface area (Å²) in [4.78, 5) is 0. The molecule has 0 aliphatic rings. The third-order valence-electron chi connectivity index (χ3n) is 9.10. The summed E-state index contributed by atoms with van der Waals surface area (Å²) >= 11 is 0. The van der Waals surface area contributed by atoms with Crippen molar-refractivity contribution in [1.29, 1.82) is 0 Å². The zero-order chi connectivity index (χ0) is 43.7. The molecule has 6 rings (SSSR count). The number of nitrogens with zero attached hydrogens (tertiary/aromatic N) is 3. The van der Waals surface area contributed by atoms with Gasteiger partial charge in [0.15, 0.2) is 18.5 Å². The highest BCUT2D eigenvalue weighted by Crippen LogP contribution is 2.26. The second kappa shape index (κ2) is 16.0. The van der Waals surface area contributed by atoms with Crippen LogP contribution in [0.5, 0.6) is 0 Å². The molecule has 0 saturated heterocycles. The van der Waals surface area contributed by atoms with E-state index in [2.05, 4.69) is 12.1 Å². The van der Waals surface area contributed by atoms with Gasteiger partial charge in [0.2, 0.25) is 17.1 Å². The number of pyridine rings is 3. The quantitative estimate of drug-likeness (QED) is 0.168. The van der Waals surface area contributed by atoms with Crippen molar-refractivity contribution in [3.8, 4) is 33.8 Å². The van der Waals surface area contributed by atoms with E-state index in [4.69, 9.17) is 12.3 Å². The van der Waals surface area contributed by atoms with Crippen LogP contribution in [-0.2, 0) is 21.1 Å². The minimum atomic E-state index is -2.25. The van der Waals surface area contributed by atoms with Gasteiger partial charge in [-0.05, 0) is 121 Å². The van der Waals surface area contributed by atoms with E-state index in [1.165, 1.54) is 6.07 Å². The molecule has 0 bridgehead atoms. The largest absolute Gasteiger partial charge is 0.215 e. The van der Waals surface area contributed by atoms with E-state index in [9.17, 15) is 0 Å². The smallest absolute Gasteiger partial charge is 0.201 e. The molecule has 0 atom stereocenters. The van der Waals surface area contributed by atoms with E-state index < -0.39 is 6.85 Å². The number of hydrogen-bond acceptors (Lipinski definition) is 0. The van der Waals surface area contributed by atoms with Gasteiger partial charge in [0, 0.05) is 55.2 Å². The summed E-state index contributed by atoms with van der Waals surface area (Å²) in [6.07, 6.45) is 1.03. The molecule has 0 N–H and O–H groups in total. The van der Waals surface area contributed by atoms with Gasteiger partial charge in [0.05, 0.1) is 4.11 Å². The first-order valence-electron chi connectivity index (χ1n) is 21.1. The van der Waals surface area contributed by atoms with Crippen LogP contribution in [0.25, 0.3) is 33.8 Å². The van der Waals surface area contributed by atoms with Crippen LogP contribution in [0.2, 0.25) is 0 Å². The average Bonchev–Trinajstić information content (AvgIpc) is 3.15. The summed E-state index contributed by atoms with van der Waals surface area (Å²) in [5, 5.41) is 0. The lowest BCUT2D eigenvalue weighted by Crippen LogP contribution is -2.33. The van der Waals surface area contributed by atoms with Crippen LogP contribution >= 0.6 is 0 Å². The Morgan fingerprint density at radius 3 is 1.86 bits per heavy atom. The summed E-state index contributed by atoms with van der Waals surface area (Å²) in [6.45, 7) is 15.6. The molecule has 3 aromatic carbocycles. The Hall–Kier alpha value is -4.89. The van der Waals surface area contributed by atoms with E-state index >= 15 is 0 Å². The zero-order valence-electron chi connectivity index (χ0n) is 40.2. The van der Waals surface area contributed by atoms with Crippen LogP contribution in [0.1, 0.15) is 68.0 Å². The Balaban J connectivity index is 0.000000193. The highest BCUT2D eigenvalue weighted by molar-refractivity contribution is 5.65. The Bertz CT molecular complexity index is 2510. The summed E-state index contributed by atoms with van der Waals surface area (Å²) in [7, 11) is 5.51. The van der Waals surface area contributed by atoms with E-state index in [1.54, 1.807) is 29.8 Å². The zero-order valence-corrected chi connectivity index (χ0v) is 31.2. The molecule has 0 spiro atoms. The lowest BCUT2D eigenvalue weighted by atomic mass is 9.97. The molecule has 0 aliphatic carbocycles. The van der Waals surface area contributed by atoms with E-state index in [-0.39, 0.29) is 11.7 Å². The number of benzene rings is 3. The molecule has 0 fully saturated rings. The van der Waals surface area contributed by atoms with Gasteiger partial charge < -0.3 is 0 Å². The van der Waals surface area contributed by atoms with Crippen molar-refractivity contribution in [2.24, 2.45) is 21.1 Å². The first kappa shape index (κ1) is 26.0. The highest BCUT2D eigenvalue weighted by Gasteiger charge is 2.19. The van der Waals surface area contributed by atoms with Crippen LogP contribution in [0.4, 0.5) is 0 Å². The third-order valence-corrected chi connectivity index (χ3v) is 9.10. The lowest BCUT2D eigenvalue weighted by molar-refractivity contribution is -0.661. The van der Waals surface area contributed by atoms with Crippen molar-refractivity contribution >= 4 is 0 Å². The first-order chi connectivity index (χ1) is 26.9. The van der Waals surface area contributed by atoms with E-state index in [1.807, 2.05) is 116 Å². The molecule has 49 heavy (non-hydrogen) atoms. The molecule has 0 radical (unpaired) electrons. The topological polar surface area (TPSA) is 11.6 Å². The molecule has 6 aromatic rings. The molecule has 3 nitrogen and oxygen atoms in total. The van der Waals surface area contributed by atoms with Crippen molar-refractivity contribution in [1.82, 2.24) is 0 Å². The van der Waals surface area contributed by atoms with E-state index in [0.29, 0.717) is 30.5 Å². The molecule has 3 aromatic heterocycles. The molecule has 3 heteroatoms. The average molecular weight is 660 g/mol. The van der Waals surface area contributed by atoms with Crippen molar-refractivity contribution in [2.45, 2.75) is 69.2 Å². The fourth-order valence-corrected chi connectivity index (χ4v) is 5.89. The van der Waals surface area contributed by atoms with Gasteiger partial charge in [-0.15, -0.1) is 0 Å². The van der Waals surface area contributed by atoms with Gasteiger partial charge >= 0.3 is 0 Å². The Labute approximate surface area is 308 Å². The predicted octanol–water partition coefficient (Wildman–Crippen LogP) is 9.62. The van der Waals surface area contributed by atoms with Gasteiger partial charge in [-0.25, -0.2) is 13.7 Å². The fourth-order valence-electron chi connectivity index (χ4n) is 5.89. The van der Waals surface area contributed by atoms with Crippen LogP contribution in [0.15, 0.2) is 103 Å². The SMILES string of the molecule is [2H]c1c(C([2H])([2H])[2H])ccc(-c2ccccc2C)[n+]1C.[2H]c1cc(C)cc(-c2cc(C)c(C)c([2H])[n+]2C)c1C.[2H]c1cc([2H])c(C)c(-c2c(C)c(C)c(C)c([2H])[n+]2C)c1. The second-order valence-corrected chi connectivity index (χ2v) is 12.9. The Kier molecular flexibility index (Phi) is 8.51.